The van der Waals surface area contributed by atoms with Crippen LogP contribution in [0.1, 0.15) is 37.9 Å². The molecule has 6 rings (SSSR count). The summed E-state index contributed by atoms with van der Waals surface area (Å²) in [7, 11) is 0. The van der Waals surface area contributed by atoms with Crippen molar-refractivity contribution in [1.82, 2.24) is 0 Å². The lowest BCUT2D eigenvalue weighted by atomic mass is 9.77. The fourth-order valence-electron chi connectivity index (χ4n) is 5.48. The third-order valence-electron chi connectivity index (χ3n) is 7.10. The van der Waals surface area contributed by atoms with Gasteiger partial charge in [0.2, 0.25) is 29.0 Å². The highest BCUT2D eigenvalue weighted by atomic mass is 35.5. The molecule has 35 heavy (non-hydrogen) atoms. The van der Waals surface area contributed by atoms with Crippen LogP contribution in [-0.2, 0) is 14.3 Å². The molecule has 2 fully saturated rings. The Hall–Kier alpha value is -3.32. The molecule has 0 N–H and O–H groups in total. The summed E-state index contributed by atoms with van der Waals surface area (Å²) in [4.78, 5) is 56.2. The number of carbonyl (C=O) groups excluding carboxylic acids is 4. The van der Waals surface area contributed by atoms with Gasteiger partial charge >= 0.3 is 0 Å². The second kappa shape index (κ2) is 7.59. The van der Waals surface area contributed by atoms with Gasteiger partial charge in [-0.2, -0.15) is 0 Å². The summed E-state index contributed by atoms with van der Waals surface area (Å²) in [5.41, 5.74) is -0.0765. The van der Waals surface area contributed by atoms with Crippen molar-refractivity contribution in [2.45, 2.75) is 18.6 Å². The normalized spacial score (nSPS) is 24.4. The van der Waals surface area contributed by atoms with E-state index in [1.165, 1.54) is 18.2 Å². The number of hydrogen-bond acceptors (Lipinski definition) is 5. The van der Waals surface area contributed by atoms with Crippen molar-refractivity contribution in [2.75, 3.05) is 4.90 Å². The number of ether oxygens (including phenoxy) is 1. The number of carbonyl (C=O) groups is 4. The van der Waals surface area contributed by atoms with Crippen LogP contribution in [0.3, 0.4) is 0 Å². The first-order valence-corrected chi connectivity index (χ1v) is 11.8. The zero-order valence-electron chi connectivity index (χ0n) is 18.3. The molecule has 1 aliphatic carbocycles. The van der Waals surface area contributed by atoms with E-state index >= 15 is 0 Å². The first-order chi connectivity index (χ1) is 16.8. The maximum atomic E-state index is 13.9. The maximum absolute atomic E-state index is 13.9. The minimum Gasteiger partial charge on any atom is -0.349 e. The van der Waals surface area contributed by atoms with Crippen LogP contribution >= 0.6 is 23.2 Å². The number of benzene rings is 3. The molecular weight excluding hydrogens is 489 g/mol. The zero-order valence-corrected chi connectivity index (χ0v) is 19.8. The molecule has 3 aromatic rings. The summed E-state index contributed by atoms with van der Waals surface area (Å²) >= 11 is 12.5. The Kier molecular flexibility index (Phi) is 4.81. The first-order valence-electron chi connectivity index (χ1n) is 11.0. The molecule has 0 bridgehead atoms. The van der Waals surface area contributed by atoms with E-state index in [0.717, 1.165) is 10.5 Å². The Morgan fingerprint density at radius 2 is 1.43 bits per heavy atom. The molecule has 6 nitrogen and oxygen atoms in total. The molecule has 8 heteroatoms. The second-order valence-electron chi connectivity index (χ2n) is 8.98. The van der Waals surface area contributed by atoms with Gasteiger partial charge in [-0.25, -0.2) is 4.90 Å². The molecule has 174 valence electrons. The number of halogens is 2. The summed E-state index contributed by atoms with van der Waals surface area (Å²) in [5, 5.41) is 0.202. The predicted octanol–water partition coefficient (Wildman–Crippen LogP) is 5.00. The number of rotatable bonds is 2. The van der Waals surface area contributed by atoms with Gasteiger partial charge in [-0.05, 0) is 24.6 Å². The number of ketones is 2. The van der Waals surface area contributed by atoms with E-state index in [1.54, 1.807) is 36.4 Å². The number of Topliss-reactive ketones (excluding diaryl/α,β-unsaturated/α-hetero) is 2. The van der Waals surface area contributed by atoms with Gasteiger partial charge in [-0.1, -0.05) is 83.4 Å². The van der Waals surface area contributed by atoms with E-state index in [9.17, 15) is 19.2 Å². The minimum absolute atomic E-state index is 0.0325. The molecule has 0 radical (unpaired) electrons. The largest absolute Gasteiger partial charge is 0.349 e. The van der Waals surface area contributed by atoms with Crippen molar-refractivity contribution in [3.63, 3.8) is 0 Å². The molecule has 3 aromatic carbocycles. The smallest absolute Gasteiger partial charge is 0.241 e. The lowest BCUT2D eigenvalue weighted by Gasteiger charge is -2.27. The molecule has 2 heterocycles. The predicted molar refractivity (Wildman–Crippen MR) is 129 cm³/mol. The van der Waals surface area contributed by atoms with Crippen LogP contribution in [0.4, 0.5) is 5.69 Å². The molecule has 0 unspecified atom stereocenters. The minimum atomic E-state index is -2.13. The van der Waals surface area contributed by atoms with Gasteiger partial charge in [0.05, 0.1) is 33.7 Å². The lowest BCUT2D eigenvalue weighted by molar-refractivity contribution is -0.127. The molecule has 2 amide bonds. The lowest BCUT2D eigenvalue weighted by Crippen LogP contribution is -2.51. The average molecular weight is 506 g/mol. The highest BCUT2D eigenvalue weighted by Crippen LogP contribution is 2.58. The van der Waals surface area contributed by atoms with E-state index in [-0.39, 0.29) is 26.9 Å². The number of fused-ring (bicyclic) bond motifs is 3. The molecule has 1 spiro atoms. The van der Waals surface area contributed by atoms with Crippen LogP contribution in [0.5, 0.6) is 0 Å². The molecule has 2 aliphatic heterocycles. The Balaban J connectivity index is 1.56. The molecule has 3 aliphatic rings. The molecule has 3 atom stereocenters. The maximum Gasteiger partial charge on any atom is 0.241 e. The molecule has 0 saturated carbocycles. The van der Waals surface area contributed by atoms with E-state index in [0.29, 0.717) is 5.56 Å². The Morgan fingerprint density at radius 3 is 2.06 bits per heavy atom. The van der Waals surface area contributed by atoms with E-state index < -0.39 is 46.9 Å². The number of hydrogen-bond donors (Lipinski definition) is 0. The van der Waals surface area contributed by atoms with Gasteiger partial charge in [0, 0.05) is 11.1 Å². The first kappa shape index (κ1) is 22.2. The van der Waals surface area contributed by atoms with Crippen LogP contribution in [-0.4, -0.2) is 29.0 Å². The molecule has 2 saturated heterocycles. The van der Waals surface area contributed by atoms with E-state index in [1.807, 2.05) is 19.1 Å². The summed E-state index contributed by atoms with van der Waals surface area (Å²) in [6.07, 6.45) is -0.984. The quantitative estimate of drug-likeness (QED) is 0.361. The van der Waals surface area contributed by atoms with Crippen LogP contribution in [0.2, 0.25) is 10.0 Å². The van der Waals surface area contributed by atoms with E-state index in [2.05, 4.69) is 0 Å². The van der Waals surface area contributed by atoms with Crippen LogP contribution in [0.15, 0.2) is 66.7 Å². The summed E-state index contributed by atoms with van der Waals surface area (Å²) in [5.74, 6) is -4.96. The topological polar surface area (TPSA) is 80.8 Å². The summed E-state index contributed by atoms with van der Waals surface area (Å²) in [6, 6.07) is 18.2. The van der Waals surface area contributed by atoms with Crippen LogP contribution < -0.4 is 4.90 Å². The van der Waals surface area contributed by atoms with Crippen molar-refractivity contribution in [1.29, 1.82) is 0 Å². The Labute approximate surface area is 210 Å². The van der Waals surface area contributed by atoms with Gasteiger partial charge in [0.1, 0.15) is 0 Å². The standard InChI is InChI=1S/C27H17Cl2NO5/c1-13-9-11-14(12-10-13)22-19-20(26(34)30(25(19)33)18-8-4-7-17(28)21(18)29)27(35-22)23(31)15-5-2-3-6-16(15)24(27)32/h2-12,19-20,22H,1H3/t19-,20-,22-/m0/s1. The van der Waals surface area contributed by atoms with Crippen molar-refractivity contribution >= 4 is 52.3 Å². The summed E-state index contributed by atoms with van der Waals surface area (Å²) < 4.78 is 6.26. The van der Waals surface area contributed by atoms with Gasteiger partial charge < -0.3 is 4.74 Å². The summed E-state index contributed by atoms with van der Waals surface area (Å²) in [6.45, 7) is 1.91. The van der Waals surface area contributed by atoms with Gasteiger partial charge in [0.15, 0.2) is 0 Å². The van der Waals surface area contributed by atoms with Crippen molar-refractivity contribution in [3.8, 4) is 0 Å². The number of anilines is 1. The van der Waals surface area contributed by atoms with Crippen molar-refractivity contribution in [3.05, 3.63) is 99.0 Å². The van der Waals surface area contributed by atoms with Gasteiger partial charge in [0.25, 0.3) is 0 Å². The van der Waals surface area contributed by atoms with E-state index in [4.69, 9.17) is 27.9 Å². The highest BCUT2D eigenvalue weighted by Gasteiger charge is 2.74. The fraction of sp³-hybridized carbons (Fsp3) is 0.185. The van der Waals surface area contributed by atoms with Crippen LogP contribution in [0.25, 0.3) is 0 Å². The number of aryl methyl sites for hydroxylation is 1. The monoisotopic (exact) mass is 505 g/mol. The Morgan fingerprint density at radius 1 is 0.800 bits per heavy atom. The third-order valence-corrected chi connectivity index (χ3v) is 7.91. The zero-order chi connectivity index (χ0) is 24.6. The number of imide groups is 1. The Bertz CT molecular complexity index is 1430. The molecular formula is C27H17Cl2NO5. The second-order valence-corrected chi connectivity index (χ2v) is 9.76. The van der Waals surface area contributed by atoms with Crippen molar-refractivity contribution < 1.29 is 23.9 Å². The highest BCUT2D eigenvalue weighted by molar-refractivity contribution is 6.45. The fourth-order valence-corrected chi connectivity index (χ4v) is 5.86. The third kappa shape index (κ3) is 2.82. The SMILES string of the molecule is Cc1ccc([C@@H]2OC3(C(=O)c4ccccc4C3=O)[C@@H]3C(=O)N(c4cccc(Cl)c4Cl)C(=O)[C@@H]32)cc1. The van der Waals surface area contributed by atoms with Crippen LogP contribution in [0, 0.1) is 18.8 Å². The van der Waals surface area contributed by atoms with Crippen molar-refractivity contribution in [2.24, 2.45) is 11.8 Å². The average Bonchev–Trinajstić information content (AvgIpc) is 3.42. The molecule has 0 aromatic heterocycles. The van der Waals surface area contributed by atoms with Gasteiger partial charge in [-0.15, -0.1) is 0 Å². The number of amides is 2. The number of nitrogens with zero attached hydrogens (tertiary/aromatic N) is 1. The van der Waals surface area contributed by atoms with Gasteiger partial charge in [-0.3, -0.25) is 19.2 Å².